The van der Waals surface area contributed by atoms with Crippen LogP contribution < -0.4 is 10.1 Å². The third-order valence-electron chi connectivity index (χ3n) is 6.13. The highest BCUT2D eigenvalue weighted by atomic mass is 16.5. The maximum absolute atomic E-state index is 12.4. The Bertz CT molecular complexity index is 1220. The number of carbonyl (C=O) groups excluding carboxylic acids is 1. The molecule has 0 bridgehead atoms. The van der Waals surface area contributed by atoms with Gasteiger partial charge >= 0.3 is 11.9 Å². The Kier molecular flexibility index (Phi) is 11.2. The van der Waals surface area contributed by atoms with Gasteiger partial charge in [-0.1, -0.05) is 35.5 Å². The van der Waals surface area contributed by atoms with E-state index < -0.39 is 11.9 Å². The standard InChI is InChI=1S/C24H28N4O3.C4H4O4/c1-30-21-9-7-20(8-10-21)24-26-22(27-31-24)23(29)25-14-11-18-12-15-28(16-13-18)17-19-5-3-2-4-6-19;5-3(6)1-2-4(7)8/h2-10,18H,11-17H2,1H3,(H,25,29);1-2H,(H,5,6)(H,7,8)/b;2-1+. The average molecular weight is 537 g/mol. The molecule has 4 rings (SSSR count). The molecule has 11 nitrogen and oxygen atoms in total. The third-order valence-corrected chi connectivity index (χ3v) is 6.13. The van der Waals surface area contributed by atoms with Gasteiger partial charge in [-0.05, 0) is 68.1 Å². The van der Waals surface area contributed by atoms with E-state index in [0.29, 0.717) is 30.5 Å². The molecule has 0 spiro atoms. The number of aromatic nitrogens is 2. The van der Waals surface area contributed by atoms with Crippen LogP contribution in [-0.4, -0.2) is 69.8 Å². The first-order valence-electron chi connectivity index (χ1n) is 12.5. The van der Waals surface area contributed by atoms with Gasteiger partial charge in [0.05, 0.1) is 7.11 Å². The number of nitrogens with one attached hydrogen (secondary N) is 1. The zero-order chi connectivity index (χ0) is 28.0. The first-order chi connectivity index (χ1) is 18.8. The topological polar surface area (TPSA) is 155 Å². The van der Waals surface area contributed by atoms with E-state index in [2.05, 4.69) is 50.7 Å². The highest BCUT2D eigenvalue weighted by Gasteiger charge is 2.20. The molecule has 206 valence electrons. The summed E-state index contributed by atoms with van der Waals surface area (Å²) in [6.07, 6.45) is 4.40. The van der Waals surface area contributed by atoms with Crippen LogP contribution in [0.2, 0.25) is 0 Å². The molecule has 1 aliphatic heterocycles. The second kappa shape index (κ2) is 15.0. The van der Waals surface area contributed by atoms with Gasteiger partial charge in [-0.3, -0.25) is 9.69 Å². The quantitative estimate of drug-likeness (QED) is 0.328. The van der Waals surface area contributed by atoms with Crippen molar-refractivity contribution in [2.24, 2.45) is 5.92 Å². The second-order valence-electron chi connectivity index (χ2n) is 8.91. The average Bonchev–Trinajstić information content (AvgIpc) is 3.44. The van der Waals surface area contributed by atoms with Crippen LogP contribution >= 0.6 is 0 Å². The normalized spacial score (nSPS) is 13.9. The summed E-state index contributed by atoms with van der Waals surface area (Å²) in [5.41, 5.74) is 2.11. The van der Waals surface area contributed by atoms with Crippen LogP contribution in [-0.2, 0) is 16.1 Å². The number of carboxylic acid groups (broad SMARTS) is 2. The molecule has 1 fully saturated rings. The van der Waals surface area contributed by atoms with Crippen LogP contribution in [0, 0.1) is 5.92 Å². The Labute approximate surface area is 226 Å². The number of amides is 1. The zero-order valence-electron chi connectivity index (χ0n) is 21.7. The number of aliphatic carboxylic acids is 2. The minimum Gasteiger partial charge on any atom is -0.497 e. The van der Waals surface area contributed by atoms with Crippen molar-refractivity contribution in [1.82, 2.24) is 20.4 Å². The lowest BCUT2D eigenvalue weighted by Crippen LogP contribution is -2.35. The molecule has 0 saturated carbocycles. The first-order valence-corrected chi connectivity index (χ1v) is 12.5. The van der Waals surface area contributed by atoms with Crippen LogP contribution in [0.3, 0.4) is 0 Å². The Morgan fingerprint density at radius 3 is 2.26 bits per heavy atom. The number of carbonyl (C=O) groups is 3. The Morgan fingerprint density at radius 2 is 1.67 bits per heavy atom. The smallest absolute Gasteiger partial charge is 0.328 e. The van der Waals surface area contributed by atoms with Gasteiger partial charge in [0.2, 0.25) is 0 Å². The Balaban J connectivity index is 0.000000459. The van der Waals surface area contributed by atoms with Gasteiger partial charge in [0.15, 0.2) is 0 Å². The van der Waals surface area contributed by atoms with Gasteiger partial charge in [-0.15, -0.1) is 0 Å². The summed E-state index contributed by atoms with van der Waals surface area (Å²) in [6.45, 7) is 3.83. The number of nitrogens with zero attached hydrogens (tertiary/aromatic N) is 3. The second-order valence-corrected chi connectivity index (χ2v) is 8.91. The van der Waals surface area contributed by atoms with Gasteiger partial charge in [-0.25, -0.2) is 9.59 Å². The minimum absolute atomic E-state index is 0.0588. The fraction of sp³-hybridized carbons (Fsp3) is 0.321. The van der Waals surface area contributed by atoms with Gasteiger partial charge in [0, 0.05) is 30.8 Å². The molecule has 0 radical (unpaired) electrons. The predicted octanol–water partition coefficient (Wildman–Crippen LogP) is 3.49. The summed E-state index contributed by atoms with van der Waals surface area (Å²) in [5, 5.41) is 22.4. The number of likely N-dealkylation sites (tertiary alicyclic amines) is 1. The number of hydrogen-bond acceptors (Lipinski definition) is 8. The monoisotopic (exact) mass is 536 g/mol. The zero-order valence-corrected chi connectivity index (χ0v) is 21.7. The maximum atomic E-state index is 12.4. The highest BCUT2D eigenvalue weighted by molar-refractivity contribution is 5.90. The van der Waals surface area contributed by atoms with E-state index in [1.165, 1.54) is 5.56 Å². The molecule has 1 saturated heterocycles. The van der Waals surface area contributed by atoms with Crippen molar-refractivity contribution in [2.75, 3.05) is 26.7 Å². The van der Waals surface area contributed by atoms with Crippen LogP contribution in [0.5, 0.6) is 5.75 Å². The van der Waals surface area contributed by atoms with Gasteiger partial charge < -0.3 is 24.8 Å². The van der Waals surface area contributed by atoms with Crippen molar-refractivity contribution in [2.45, 2.75) is 25.8 Å². The van der Waals surface area contributed by atoms with Gasteiger partial charge in [0.1, 0.15) is 5.75 Å². The van der Waals surface area contributed by atoms with Crippen LogP contribution in [0.25, 0.3) is 11.5 Å². The van der Waals surface area contributed by atoms with Crippen LogP contribution in [0.4, 0.5) is 0 Å². The molecule has 1 amide bonds. The van der Waals surface area contributed by atoms with Gasteiger partial charge in [-0.2, -0.15) is 4.98 Å². The summed E-state index contributed by atoms with van der Waals surface area (Å²) in [7, 11) is 1.61. The summed E-state index contributed by atoms with van der Waals surface area (Å²) in [5.74, 6) is -1.06. The van der Waals surface area contributed by atoms with Crippen molar-refractivity contribution in [3.8, 4) is 17.2 Å². The van der Waals surface area contributed by atoms with Crippen LogP contribution in [0.1, 0.15) is 35.4 Å². The number of benzene rings is 2. The SMILES string of the molecule is COc1ccc(-c2nc(C(=O)NCCC3CCN(Cc4ccccc4)CC3)no2)cc1.O=C(O)/C=C/C(=O)O. The fourth-order valence-electron chi connectivity index (χ4n) is 4.05. The molecule has 0 unspecified atom stereocenters. The van der Waals surface area contributed by atoms with Crippen molar-refractivity contribution in [3.63, 3.8) is 0 Å². The Morgan fingerprint density at radius 1 is 1.03 bits per heavy atom. The van der Waals surface area contributed by atoms with E-state index in [1.807, 2.05) is 24.3 Å². The summed E-state index contributed by atoms with van der Waals surface area (Å²) < 4.78 is 10.4. The molecule has 1 aromatic heterocycles. The van der Waals surface area contributed by atoms with Gasteiger partial charge in [0.25, 0.3) is 17.6 Å². The molecule has 0 atom stereocenters. The van der Waals surface area contributed by atoms with E-state index in [1.54, 1.807) is 7.11 Å². The molecule has 1 aliphatic rings. The lowest BCUT2D eigenvalue weighted by atomic mass is 9.93. The van der Waals surface area contributed by atoms with Crippen molar-refractivity contribution in [1.29, 1.82) is 0 Å². The van der Waals surface area contributed by atoms with E-state index in [4.69, 9.17) is 19.5 Å². The third kappa shape index (κ3) is 10.0. The lowest BCUT2D eigenvalue weighted by molar-refractivity contribution is -0.134. The number of hydrogen-bond donors (Lipinski definition) is 3. The summed E-state index contributed by atoms with van der Waals surface area (Å²) >= 11 is 0. The van der Waals surface area contributed by atoms with Crippen molar-refractivity contribution >= 4 is 17.8 Å². The van der Waals surface area contributed by atoms with Crippen molar-refractivity contribution < 1.29 is 33.9 Å². The predicted molar refractivity (Wildman–Crippen MR) is 142 cm³/mol. The maximum Gasteiger partial charge on any atom is 0.328 e. The number of carboxylic acids is 2. The minimum atomic E-state index is -1.26. The Hall–Kier alpha value is -4.51. The molecule has 0 aliphatic carbocycles. The molecule has 2 heterocycles. The summed E-state index contributed by atoms with van der Waals surface area (Å²) in [6, 6.07) is 17.9. The molecule has 11 heteroatoms. The van der Waals surface area contributed by atoms with E-state index in [-0.39, 0.29) is 11.7 Å². The summed E-state index contributed by atoms with van der Waals surface area (Å²) in [4.78, 5) is 38.2. The molecule has 39 heavy (non-hydrogen) atoms. The number of piperidine rings is 1. The van der Waals surface area contributed by atoms with E-state index >= 15 is 0 Å². The molecular weight excluding hydrogens is 504 g/mol. The lowest BCUT2D eigenvalue weighted by Gasteiger charge is -2.32. The van der Waals surface area contributed by atoms with Crippen LogP contribution in [0.15, 0.2) is 71.3 Å². The van der Waals surface area contributed by atoms with E-state index in [0.717, 1.165) is 50.2 Å². The van der Waals surface area contributed by atoms with E-state index in [9.17, 15) is 14.4 Å². The first kappa shape index (κ1) is 29.1. The van der Waals surface area contributed by atoms with Crippen molar-refractivity contribution in [3.05, 3.63) is 78.1 Å². The fourth-order valence-corrected chi connectivity index (χ4v) is 4.05. The highest BCUT2D eigenvalue weighted by Crippen LogP contribution is 2.22. The molecule has 3 aromatic rings. The number of rotatable bonds is 10. The molecule has 3 N–H and O–H groups in total. The number of ether oxygens (including phenoxy) is 1. The number of methoxy groups -OCH3 is 1. The largest absolute Gasteiger partial charge is 0.497 e. The molecule has 2 aromatic carbocycles. The molecular formula is C28H32N4O7.